The van der Waals surface area contributed by atoms with Gasteiger partial charge in [0.25, 0.3) is 0 Å². The number of rotatable bonds is 4. The van der Waals surface area contributed by atoms with Gasteiger partial charge in [-0.3, -0.25) is 0 Å². The van der Waals surface area contributed by atoms with Crippen molar-refractivity contribution in [3.05, 3.63) is 22.6 Å². The van der Waals surface area contributed by atoms with E-state index in [9.17, 15) is 5.11 Å². The van der Waals surface area contributed by atoms with Crippen molar-refractivity contribution in [2.75, 3.05) is 7.11 Å². The normalized spacial score (nSPS) is 20.8. The maximum atomic E-state index is 10.0. The lowest BCUT2D eigenvalue weighted by Crippen LogP contribution is -2.22. The molecule has 0 saturated heterocycles. The van der Waals surface area contributed by atoms with Crippen molar-refractivity contribution in [2.24, 2.45) is 5.92 Å². The van der Waals surface area contributed by atoms with Gasteiger partial charge in [0.05, 0.1) is 16.8 Å². The first-order valence-corrected chi connectivity index (χ1v) is 5.47. The van der Waals surface area contributed by atoms with Crippen LogP contribution in [0.1, 0.15) is 24.7 Å². The minimum absolute atomic E-state index is 0.141. The van der Waals surface area contributed by atoms with Crippen molar-refractivity contribution in [3.63, 3.8) is 0 Å². The van der Waals surface area contributed by atoms with E-state index in [2.05, 4.69) is 15.9 Å². The van der Waals surface area contributed by atoms with Crippen molar-refractivity contribution in [3.8, 4) is 0 Å². The summed E-state index contributed by atoms with van der Waals surface area (Å²) in [6, 6.07) is 1.78. The van der Waals surface area contributed by atoms with Crippen LogP contribution in [0.2, 0.25) is 0 Å². The zero-order valence-electron chi connectivity index (χ0n) is 7.94. The van der Waals surface area contributed by atoms with Crippen LogP contribution in [-0.2, 0) is 4.74 Å². The van der Waals surface area contributed by atoms with E-state index in [0.29, 0.717) is 11.7 Å². The van der Waals surface area contributed by atoms with Gasteiger partial charge in [-0.05, 0) is 40.8 Å². The number of furan rings is 1. The van der Waals surface area contributed by atoms with E-state index in [1.54, 1.807) is 19.4 Å². The molecule has 1 N–H and O–H groups in total. The molecule has 1 heterocycles. The van der Waals surface area contributed by atoms with Crippen LogP contribution in [-0.4, -0.2) is 18.3 Å². The van der Waals surface area contributed by atoms with Gasteiger partial charge in [-0.25, -0.2) is 0 Å². The lowest BCUT2D eigenvalue weighted by atomic mass is 10.1. The molecule has 0 amide bonds. The van der Waals surface area contributed by atoms with Crippen LogP contribution in [0.15, 0.2) is 21.2 Å². The molecule has 1 fully saturated rings. The number of aliphatic hydroxyl groups is 1. The lowest BCUT2D eigenvalue weighted by molar-refractivity contribution is -0.0358. The van der Waals surface area contributed by atoms with Crippen LogP contribution in [0, 0.1) is 5.92 Å². The zero-order chi connectivity index (χ0) is 10.1. The van der Waals surface area contributed by atoms with Gasteiger partial charge in [0, 0.05) is 7.11 Å². The van der Waals surface area contributed by atoms with Gasteiger partial charge in [0.15, 0.2) is 0 Å². The second-order valence-electron chi connectivity index (χ2n) is 3.62. The van der Waals surface area contributed by atoms with Gasteiger partial charge in [-0.15, -0.1) is 0 Å². The standard InChI is InChI=1S/C10H13BrO3/c1-13-9(6-2-3-6)8(12)10-7(11)4-5-14-10/h4-6,8-9,12H,2-3H2,1H3. The Bertz CT molecular complexity index is 306. The minimum atomic E-state index is -0.670. The fourth-order valence-electron chi connectivity index (χ4n) is 1.67. The maximum absolute atomic E-state index is 10.0. The average Bonchev–Trinajstić information content (AvgIpc) is 2.90. The Morgan fingerprint density at radius 3 is 2.79 bits per heavy atom. The van der Waals surface area contributed by atoms with Crippen LogP contribution in [0.25, 0.3) is 0 Å². The van der Waals surface area contributed by atoms with Crippen molar-refractivity contribution >= 4 is 15.9 Å². The summed E-state index contributed by atoms with van der Waals surface area (Å²) in [7, 11) is 1.63. The van der Waals surface area contributed by atoms with Crippen LogP contribution in [0.5, 0.6) is 0 Å². The molecule has 1 saturated carbocycles. The fraction of sp³-hybridized carbons (Fsp3) is 0.600. The molecular formula is C10H13BrO3. The van der Waals surface area contributed by atoms with Crippen LogP contribution >= 0.6 is 15.9 Å². The summed E-state index contributed by atoms with van der Waals surface area (Å²) in [5.41, 5.74) is 0. The van der Waals surface area contributed by atoms with E-state index in [4.69, 9.17) is 9.15 Å². The second-order valence-corrected chi connectivity index (χ2v) is 4.47. The van der Waals surface area contributed by atoms with E-state index in [-0.39, 0.29) is 6.10 Å². The highest BCUT2D eigenvalue weighted by Gasteiger charge is 2.38. The summed E-state index contributed by atoms with van der Waals surface area (Å²) < 4.78 is 11.3. The molecule has 2 unspecified atom stereocenters. The van der Waals surface area contributed by atoms with E-state index >= 15 is 0 Å². The molecule has 1 aliphatic rings. The number of hydrogen-bond acceptors (Lipinski definition) is 3. The molecule has 14 heavy (non-hydrogen) atoms. The highest BCUT2D eigenvalue weighted by atomic mass is 79.9. The van der Waals surface area contributed by atoms with Crippen molar-refractivity contribution in [2.45, 2.75) is 25.0 Å². The molecule has 0 bridgehead atoms. The Morgan fingerprint density at radius 2 is 2.36 bits per heavy atom. The van der Waals surface area contributed by atoms with Gasteiger partial charge in [-0.1, -0.05) is 0 Å². The first-order chi connectivity index (χ1) is 6.74. The number of aliphatic hydroxyl groups excluding tert-OH is 1. The van der Waals surface area contributed by atoms with Crippen LogP contribution < -0.4 is 0 Å². The molecule has 4 heteroatoms. The number of ether oxygens (including phenoxy) is 1. The highest BCUT2D eigenvalue weighted by Crippen LogP contribution is 2.41. The summed E-state index contributed by atoms with van der Waals surface area (Å²) in [4.78, 5) is 0. The summed E-state index contributed by atoms with van der Waals surface area (Å²) >= 11 is 3.32. The summed E-state index contributed by atoms with van der Waals surface area (Å²) in [6.45, 7) is 0. The molecule has 3 nitrogen and oxygen atoms in total. The molecule has 0 aromatic carbocycles. The van der Waals surface area contributed by atoms with Gasteiger partial charge in [-0.2, -0.15) is 0 Å². The third-order valence-corrected chi connectivity index (χ3v) is 3.24. The molecule has 2 atom stereocenters. The van der Waals surface area contributed by atoms with Crippen molar-refractivity contribution in [1.82, 2.24) is 0 Å². The minimum Gasteiger partial charge on any atom is -0.465 e. The molecule has 0 spiro atoms. The number of halogens is 1. The Labute approximate surface area is 91.2 Å². The fourth-order valence-corrected chi connectivity index (χ4v) is 2.11. The topological polar surface area (TPSA) is 42.6 Å². The third kappa shape index (κ3) is 1.87. The third-order valence-electron chi connectivity index (χ3n) is 2.58. The Balaban J connectivity index is 2.13. The molecular weight excluding hydrogens is 248 g/mol. The molecule has 1 aromatic heterocycles. The first kappa shape index (κ1) is 10.2. The molecule has 1 aliphatic carbocycles. The summed E-state index contributed by atoms with van der Waals surface area (Å²) in [6.07, 6.45) is 3.01. The predicted octanol–water partition coefficient (Wildman–Crippen LogP) is 2.50. The lowest BCUT2D eigenvalue weighted by Gasteiger charge is -2.19. The number of hydrogen-bond donors (Lipinski definition) is 1. The zero-order valence-corrected chi connectivity index (χ0v) is 9.53. The van der Waals surface area contributed by atoms with E-state index in [1.807, 2.05) is 0 Å². The van der Waals surface area contributed by atoms with E-state index < -0.39 is 6.10 Å². The van der Waals surface area contributed by atoms with Crippen LogP contribution in [0.4, 0.5) is 0 Å². The van der Waals surface area contributed by atoms with Crippen LogP contribution in [0.3, 0.4) is 0 Å². The average molecular weight is 261 g/mol. The Morgan fingerprint density at radius 1 is 1.64 bits per heavy atom. The molecule has 0 radical (unpaired) electrons. The largest absolute Gasteiger partial charge is 0.465 e. The Hall–Kier alpha value is -0.320. The van der Waals surface area contributed by atoms with Crippen molar-refractivity contribution < 1.29 is 14.3 Å². The SMILES string of the molecule is COC(C1CC1)C(O)c1occc1Br. The maximum Gasteiger partial charge on any atom is 0.149 e. The Kier molecular flexibility index (Phi) is 2.95. The number of methoxy groups -OCH3 is 1. The summed E-state index contributed by atoms with van der Waals surface area (Å²) in [5.74, 6) is 1.04. The van der Waals surface area contributed by atoms with Crippen molar-refractivity contribution in [1.29, 1.82) is 0 Å². The molecule has 1 aromatic rings. The summed E-state index contributed by atoms with van der Waals surface area (Å²) in [5, 5.41) is 10.0. The predicted molar refractivity (Wildman–Crippen MR) is 54.9 cm³/mol. The highest BCUT2D eigenvalue weighted by molar-refractivity contribution is 9.10. The van der Waals surface area contributed by atoms with Gasteiger partial charge < -0.3 is 14.3 Å². The first-order valence-electron chi connectivity index (χ1n) is 4.67. The molecule has 78 valence electrons. The van der Waals surface area contributed by atoms with Gasteiger partial charge in [0.2, 0.25) is 0 Å². The smallest absolute Gasteiger partial charge is 0.149 e. The van der Waals surface area contributed by atoms with E-state index in [0.717, 1.165) is 17.3 Å². The van der Waals surface area contributed by atoms with Gasteiger partial charge >= 0.3 is 0 Å². The second kappa shape index (κ2) is 4.04. The van der Waals surface area contributed by atoms with Gasteiger partial charge in [0.1, 0.15) is 11.9 Å². The quantitative estimate of drug-likeness (QED) is 0.905. The molecule has 2 rings (SSSR count). The van der Waals surface area contributed by atoms with E-state index in [1.165, 1.54) is 0 Å². The monoisotopic (exact) mass is 260 g/mol. The molecule has 0 aliphatic heterocycles.